The fourth-order valence-electron chi connectivity index (χ4n) is 4.48. The summed E-state index contributed by atoms with van der Waals surface area (Å²) < 4.78 is 0. The lowest BCUT2D eigenvalue weighted by molar-refractivity contribution is -0.132. The SMILES string of the molecule is CC1CCCCCC1N1C(=O)CNC1C1CCCC1. The third-order valence-electron chi connectivity index (χ3n) is 5.57. The predicted octanol–water partition coefficient (Wildman–Crippen LogP) is 2.90. The normalized spacial score (nSPS) is 37.8. The van der Waals surface area contributed by atoms with E-state index in [1.165, 1.54) is 57.8 Å². The van der Waals surface area contributed by atoms with Crippen LogP contribution in [0.15, 0.2) is 0 Å². The highest BCUT2D eigenvalue weighted by molar-refractivity contribution is 5.81. The van der Waals surface area contributed by atoms with Crippen molar-refractivity contribution in [2.24, 2.45) is 11.8 Å². The van der Waals surface area contributed by atoms with Gasteiger partial charge < -0.3 is 4.90 Å². The third-order valence-corrected chi connectivity index (χ3v) is 5.57. The first-order valence-electron chi connectivity index (χ1n) is 8.32. The van der Waals surface area contributed by atoms with Crippen LogP contribution >= 0.6 is 0 Å². The Morgan fingerprint density at radius 1 is 1.00 bits per heavy atom. The van der Waals surface area contributed by atoms with E-state index in [0.717, 1.165) is 0 Å². The summed E-state index contributed by atoms with van der Waals surface area (Å²) in [5.74, 6) is 1.74. The molecule has 0 radical (unpaired) electrons. The van der Waals surface area contributed by atoms with Crippen LogP contribution in [0, 0.1) is 11.8 Å². The van der Waals surface area contributed by atoms with Gasteiger partial charge in [0.15, 0.2) is 0 Å². The fourth-order valence-corrected chi connectivity index (χ4v) is 4.48. The lowest BCUT2D eigenvalue weighted by Gasteiger charge is -2.38. The zero-order valence-electron chi connectivity index (χ0n) is 12.2. The molecule has 0 bridgehead atoms. The summed E-state index contributed by atoms with van der Waals surface area (Å²) in [5.41, 5.74) is 0. The van der Waals surface area contributed by atoms with Crippen LogP contribution in [0.4, 0.5) is 0 Å². The molecule has 3 heteroatoms. The fraction of sp³-hybridized carbons (Fsp3) is 0.938. The summed E-state index contributed by atoms with van der Waals surface area (Å²) in [6.07, 6.45) is 12.2. The summed E-state index contributed by atoms with van der Waals surface area (Å²) >= 11 is 0. The van der Waals surface area contributed by atoms with E-state index in [4.69, 9.17) is 0 Å². The molecule has 3 unspecified atom stereocenters. The molecule has 0 spiro atoms. The molecule has 2 aliphatic carbocycles. The molecule has 1 aliphatic heterocycles. The van der Waals surface area contributed by atoms with Gasteiger partial charge in [0.1, 0.15) is 0 Å². The molecule has 3 fully saturated rings. The topological polar surface area (TPSA) is 32.3 Å². The Bertz CT molecular complexity index is 325. The number of hydrogen-bond acceptors (Lipinski definition) is 2. The van der Waals surface area contributed by atoms with Crippen LogP contribution in [0.2, 0.25) is 0 Å². The lowest BCUT2D eigenvalue weighted by Crippen LogP contribution is -2.50. The Morgan fingerprint density at radius 2 is 1.68 bits per heavy atom. The maximum Gasteiger partial charge on any atom is 0.238 e. The molecular weight excluding hydrogens is 236 g/mol. The van der Waals surface area contributed by atoms with Crippen LogP contribution in [-0.2, 0) is 4.79 Å². The van der Waals surface area contributed by atoms with E-state index >= 15 is 0 Å². The molecule has 3 nitrogen and oxygen atoms in total. The number of hydrogen-bond donors (Lipinski definition) is 1. The zero-order chi connectivity index (χ0) is 13.2. The molecule has 0 aromatic rings. The van der Waals surface area contributed by atoms with Gasteiger partial charge in [-0.2, -0.15) is 0 Å². The summed E-state index contributed by atoms with van der Waals surface area (Å²) in [5, 5.41) is 3.51. The minimum atomic E-state index is 0.348. The van der Waals surface area contributed by atoms with Gasteiger partial charge in [0.2, 0.25) is 5.91 Å². The Morgan fingerprint density at radius 3 is 2.47 bits per heavy atom. The van der Waals surface area contributed by atoms with Gasteiger partial charge in [0, 0.05) is 6.04 Å². The van der Waals surface area contributed by atoms with E-state index in [2.05, 4.69) is 17.1 Å². The predicted molar refractivity (Wildman–Crippen MR) is 76.6 cm³/mol. The number of amides is 1. The van der Waals surface area contributed by atoms with E-state index in [9.17, 15) is 4.79 Å². The standard InChI is InChI=1S/C16H28N2O/c1-12-7-3-2-4-10-14(12)18-15(19)11-17-16(18)13-8-5-6-9-13/h12-14,16-17H,2-11H2,1H3. The summed E-state index contributed by atoms with van der Waals surface area (Å²) in [6.45, 7) is 2.93. The van der Waals surface area contributed by atoms with Gasteiger partial charge in [-0.15, -0.1) is 0 Å². The third kappa shape index (κ3) is 2.67. The molecule has 3 aliphatic rings. The molecule has 1 heterocycles. The first kappa shape index (κ1) is 13.4. The van der Waals surface area contributed by atoms with Crippen molar-refractivity contribution >= 4 is 5.91 Å². The largest absolute Gasteiger partial charge is 0.323 e. The smallest absolute Gasteiger partial charge is 0.238 e. The van der Waals surface area contributed by atoms with Gasteiger partial charge in [0.05, 0.1) is 12.7 Å². The molecule has 1 N–H and O–H groups in total. The van der Waals surface area contributed by atoms with Crippen molar-refractivity contribution < 1.29 is 4.79 Å². The van der Waals surface area contributed by atoms with Crippen LogP contribution in [0.3, 0.4) is 0 Å². The Hall–Kier alpha value is -0.570. The molecule has 3 atom stereocenters. The number of carbonyl (C=O) groups is 1. The first-order chi connectivity index (χ1) is 9.27. The second-order valence-corrected chi connectivity index (χ2v) is 6.85. The number of carbonyl (C=O) groups excluding carboxylic acids is 1. The number of rotatable bonds is 2. The quantitative estimate of drug-likeness (QED) is 0.778. The molecule has 1 saturated heterocycles. The van der Waals surface area contributed by atoms with Crippen molar-refractivity contribution in [3.8, 4) is 0 Å². The van der Waals surface area contributed by atoms with Gasteiger partial charge in [-0.25, -0.2) is 0 Å². The Labute approximate surface area is 117 Å². The van der Waals surface area contributed by atoms with Crippen molar-refractivity contribution in [3.05, 3.63) is 0 Å². The summed E-state index contributed by atoms with van der Waals surface area (Å²) in [4.78, 5) is 14.6. The Balaban J connectivity index is 1.76. The maximum atomic E-state index is 12.4. The van der Waals surface area contributed by atoms with E-state index < -0.39 is 0 Å². The van der Waals surface area contributed by atoms with E-state index in [0.29, 0.717) is 36.5 Å². The van der Waals surface area contributed by atoms with Gasteiger partial charge in [-0.1, -0.05) is 39.0 Å². The molecule has 19 heavy (non-hydrogen) atoms. The average Bonchev–Trinajstić information content (AvgIpc) is 2.99. The van der Waals surface area contributed by atoms with Crippen molar-refractivity contribution in [1.29, 1.82) is 0 Å². The second-order valence-electron chi connectivity index (χ2n) is 6.85. The highest BCUT2D eigenvalue weighted by Crippen LogP contribution is 2.35. The van der Waals surface area contributed by atoms with Gasteiger partial charge in [-0.3, -0.25) is 10.1 Å². The van der Waals surface area contributed by atoms with Crippen LogP contribution in [0.5, 0.6) is 0 Å². The van der Waals surface area contributed by atoms with Crippen LogP contribution in [0.1, 0.15) is 64.7 Å². The van der Waals surface area contributed by atoms with E-state index in [1.807, 2.05) is 0 Å². The average molecular weight is 264 g/mol. The van der Waals surface area contributed by atoms with Crippen molar-refractivity contribution in [2.75, 3.05) is 6.54 Å². The highest BCUT2D eigenvalue weighted by atomic mass is 16.2. The lowest BCUT2D eigenvalue weighted by atomic mass is 9.93. The molecule has 2 saturated carbocycles. The van der Waals surface area contributed by atoms with E-state index in [-0.39, 0.29) is 0 Å². The molecule has 0 aromatic carbocycles. The van der Waals surface area contributed by atoms with Crippen molar-refractivity contribution in [1.82, 2.24) is 10.2 Å². The summed E-state index contributed by atoms with van der Waals surface area (Å²) in [6, 6.07) is 0.496. The minimum Gasteiger partial charge on any atom is -0.323 e. The van der Waals surface area contributed by atoms with Crippen LogP contribution in [-0.4, -0.2) is 29.6 Å². The molecule has 108 valence electrons. The first-order valence-corrected chi connectivity index (χ1v) is 8.32. The monoisotopic (exact) mass is 264 g/mol. The van der Waals surface area contributed by atoms with E-state index in [1.54, 1.807) is 0 Å². The van der Waals surface area contributed by atoms with Gasteiger partial charge in [-0.05, 0) is 37.5 Å². The van der Waals surface area contributed by atoms with Crippen LogP contribution in [0.25, 0.3) is 0 Å². The molecule has 0 aromatic heterocycles. The zero-order valence-corrected chi connectivity index (χ0v) is 12.2. The van der Waals surface area contributed by atoms with Gasteiger partial charge in [0.25, 0.3) is 0 Å². The number of nitrogens with one attached hydrogen (secondary N) is 1. The summed E-state index contributed by atoms with van der Waals surface area (Å²) in [7, 11) is 0. The molecule has 3 rings (SSSR count). The van der Waals surface area contributed by atoms with Crippen molar-refractivity contribution in [3.63, 3.8) is 0 Å². The Kier molecular flexibility index (Phi) is 4.11. The molecule has 1 amide bonds. The van der Waals surface area contributed by atoms with Crippen molar-refractivity contribution in [2.45, 2.75) is 76.9 Å². The van der Waals surface area contributed by atoms with Gasteiger partial charge >= 0.3 is 0 Å². The van der Waals surface area contributed by atoms with Crippen LogP contribution < -0.4 is 5.32 Å². The molecular formula is C16H28N2O. The highest BCUT2D eigenvalue weighted by Gasteiger charge is 2.42. The number of nitrogens with zero attached hydrogens (tertiary/aromatic N) is 1. The minimum absolute atomic E-state index is 0.348. The second kappa shape index (κ2) is 5.82. The maximum absolute atomic E-state index is 12.4.